The second kappa shape index (κ2) is 11.6. The highest BCUT2D eigenvalue weighted by molar-refractivity contribution is 5.90. The molecule has 0 unspecified atom stereocenters. The molecule has 0 spiro atoms. The second-order valence-electron chi connectivity index (χ2n) is 12.4. The van der Waals surface area contributed by atoms with Crippen molar-refractivity contribution in [3.8, 4) is 17.3 Å². The summed E-state index contributed by atoms with van der Waals surface area (Å²) >= 11 is 0. The van der Waals surface area contributed by atoms with Crippen molar-refractivity contribution in [3.05, 3.63) is 65.5 Å². The highest BCUT2D eigenvalue weighted by Gasteiger charge is 2.45. The van der Waals surface area contributed by atoms with Gasteiger partial charge in [-0.25, -0.2) is 11.6 Å². The van der Waals surface area contributed by atoms with Crippen LogP contribution in [0, 0.1) is 6.57 Å². The lowest BCUT2D eigenvalue weighted by Gasteiger charge is -2.39. The summed E-state index contributed by atoms with van der Waals surface area (Å²) in [6.45, 7) is 15.8. The molecule has 0 radical (unpaired) electrons. The average Bonchev–Trinajstić information content (AvgIpc) is 3.63. The molecule has 4 aliphatic rings. The molecule has 43 heavy (non-hydrogen) atoms. The number of pyridine rings is 1. The van der Waals surface area contributed by atoms with E-state index in [2.05, 4.69) is 51.6 Å². The van der Waals surface area contributed by atoms with Gasteiger partial charge in [0, 0.05) is 25.2 Å². The average molecular weight is 578 g/mol. The number of piperazine rings is 1. The molecule has 1 amide bonds. The van der Waals surface area contributed by atoms with Gasteiger partial charge in [0.15, 0.2) is 5.65 Å². The van der Waals surface area contributed by atoms with Crippen LogP contribution in [-0.2, 0) is 17.6 Å². The Kier molecular flexibility index (Phi) is 7.48. The number of amides is 1. The standard InChI is InChI=1S/C34H39N7O2/c1-3-30(42)41-20-19-39(22-25(41)21-35-2)32-28-13-14-29(27-12-6-10-24-9-4-5-11-26(24)27)36-31(28)37-33(38-32)43-23-34-15-7-17-40(34)18-8-16-34/h3,6,10,12-14,25H,1,4-5,7-9,11,15-23H2/t25-/m0/s1. The zero-order chi connectivity index (χ0) is 29.4. The van der Waals surface area contributed by atoms with Gasteiger partial charge >= 0.3 is 6.01 Å². The molecule has 1 aliphatic carbocycles. The first-order valence-corrected chi connectivity index (χ1v) is 15.8. The lowest BCUT2D eigenvalue weighted by molar-refractivity contribution is -0.128. The van der Waals surface area contributed by atoms with E-state index >= 15 is 0 Å². The van der Waals surface area contributed by atoms with Crippen molar-refractivity contribution in [3.63, 3.8) is 0 Å². The largest absolute Gasteiger partial charge is 0.461 e. The number of benzene rings is 1. The summed E-state index contributed by atoms with van der Waals surface area (Å²) in [5, 5.41) is 0.854. The number of hydrogen-bond donors (Lipinski definition) is 0. The summed E-state index contributed by atoms with van der Waals surface area (Å²) in [5.74, 6) is 0.612. The van der Waals surface area contributed by atoms with E-state index in [1.165, 1.54) is 48.4 Å². The van der Waals surface area contributed by atoms with E-state index in [-0.39, 0.29) is 24.0 Å². The molecule has 7 rings (SSSR count). The molecule has 0 bridgehead atoms. The number of rotatable bonds is 7. The fourth-order valence-corrected chi connectivity index (χ4v) is 7.83. The molecule has 5 heterocycles. The minimum atomic E-state index is -0.251. The van der Waals surface area contributed by atoms with Crippen LogP contribution in [0.2, 0.25) is 0 Å². The molecular formula is C34H39N7O2. The van der Waals surface area contributed by atoms with Crippen LogP contribution in [0.25, 0.3) is 27.1 Å². The van der Waals surface area contributed by atoms with Gasteiger partial charge in [0.1, 0.15) is 18.5 Å². The van der Waals surface area contributed by atoms with Crippen molar-refractivity contribution in [2.75, 3.05) is 50.8 Å². The number of ether oxygens (including phenoxy) is 1. The van der Waals surface area contributed by atoms with Crippen LogP contribution in [0.15, 0.2) is 43.0 Å². The summed E-state index contributed by atoms with van der Waals surface area (Å²) < 4.78 is 6.46. The molecule has 3 aliphatic heterocycles. The third-order valence-electron chi connectivity index (χ3n) is 10.0. The maximum absolute atomic E-state index is 12.6. The van der Waals surface area contributed by atoms with Crippen molar-refractivity contribution in [2.45, 2.75) is 62.9 Å². The highest BCUT2D eigenvalue weighted by Crippen LogP contribution is 2.39. The van der Waals surface area contributed by atoms with Gasteiger partial charge < -0.3 is 19.4 Å². The lowest BCUT2D eigenvalue weighted by Crippen LogP contribution is -2.56. The Morgan fingerprint density at radius 2 is 1.88 bits per heavy atom. The number of aryl methyl sites for hydroxylation is 1. The van der Waals surface area contributed by atoms with Crippen molar-refractivity contribution in [2.24, 2.45) is 0 Å². The number of carbonyl (C=O) groups is 1. The number of aromatic nitrogens is 3. The first-order chi connectivity index (χ1) is 21.1. The first-order valence-electron chi connectivity index (χ1n) is 15.8. The summed E-state index contributed by atoms with van der Waals surface area (Å²) in [6, 6.07) is 10.8. The molecule has 2 aromatic heterocycles. The fraction of sp³-hybridized carbons (Fsp3) is 0.500. The van der Waals surface area contributed by atoms with Crippen molar-refractivity contribution in [1.82, 2.24) is 24.8 Å². The molecule has 9 nitrogen and oxygen atoms in total. The van der Waals surface area contributed by atoms with Crippen molar-refractivity contribution < 1.29 is 9.53 Å². The minimum absolute atomic E-state index is 0.0776. The zero-order valence-electron chi connectivity index (χ0n) is 24.8. The highest BCUT2D eigenvalue weighted by atomic mass is 16.5. The second-order valence-corrected chi connectivity index (χ2v) is 12.4. The van der Waals surface area contributed by atoms with E-state index in [9.17, 15) is 4.79 Å². The molecular weight excluding hydrogens is 538 g/mol. The maximum atomic E-state index is 12.6. The van der Waals surface area contributed by atoms with Crippen LogP contribution < -0.4 is 9.64 Å². The predicted molar refractivity (Wildman–Crippen MR) is 167 cm³/mol. The normalized spacial score (nSPS) is 21.3. The summed E-state index contributed by atoms with van der Waals surface area (Å²) in [6.07, 6.45) is 10.7. The zero-order valence-corrected chi connectivity index (χ0v) is 24.8. The van der Waals surface area contributed by atoms with E-state index in [1.807, 2.05) is 0 Å². The van der Waals surface area contributed by atoms with E-state index < -0.39 is 0 Å². The summed E-state index contributed by atoms with van der Waals surface area (Å²) in [7, 11) is 0. The number of nitrogens with zero attached hydrogens (tertiary/aromatic N) is 7. The van der Waals surface area contributed by atoms with Gasteiger partial charge in [-0.2, -0.15) is 9.97 Å². The van der Waals surface area contributed by atoms with Crippen LogP contribution in [0.3, 0.4) is 0 Å². The van der Waals surface area contributed by atoms with Gasteiger partial charge in [-0.05, 0) is 93.8 Å². The predicted octanol–water partition coefficient (Wildman–Crippen LogP) is 4.70. The minimum Gasteiger partial charge on any atom is -0.461 e. The Morgan fingerprint density at radius 3 is 2.70 bits per heavy atom. The number of carbonyl (C=O) groups excluding carboxylic acids is 1. The third-order valence-corrected chi connectivity index (χ3v) is 10.0. The van der Waals surface area contributed by atoms with Gasteiger partial charge in [-0.15, -0.1) is 0 Å². The van der Waals surface area contributed by atoms with Crippen LogP contribution in [-0.4, -0.2) is 88.1 Å². The molecule has 1 aromatic carbocycles. The van der Waals surface area contributed by atoms with Gasteiger partial charge in [0.05, 0.1) is 16.6 Å². The molecule has 222 valence electrons. The van der Waals surface area contributed by atoms with Gasteiger partial charge in [0.25, 0.3) is 0 Å². The van der Waals surface area contributed by atoms with Crippen LogP contribution in [0.1, 0.15) is 49.7 Å². The van der Waals surface area contributed by atoms with Crippen LogP contribution in [0.4, 0.5) is 5.82 Å². The van der Waals surface area contributed by atoms with Crippen molar-refractivity contribution in [1.29, 1.82) is 0 Å². The van der Waals surface area contributed by atoms with Crippen LogP contribution >= 0.6 is 0 Å². The summed E-state index contributed by atoms with van der Waals surface area (Å²) in [5.41, 5.74) is 5.62. The Labute approximate surface area is 253 Å². The van der Waals surface area contributed by atoms with Gasteiger partial charge in [-0.1, -0.05) is 24.8 Å². The molecule has 3 saturated heterocycles. The molecule has 0 N–H and O–H groups in total. The SMILES string of the molecule is [C-]#[N+]C[C@H]1CN(c2nc(OCC34CCCN3CCC4)nc3nc(-c4cccc5c4CCCC5)ccc23)CCN1C(=O)C=C. The van der Waals surface area contributed by atoms with E-state index in [4.69, 9.17) is 26.3 Å². The molecule has 9 heteroatoms. The van der Waals surface area contributed by atoms with Crippen LogP contribution in [0.5, 0.6) is 6.01 Å². The van der Waals surface area contributed by atoms with Gasteiger partial charge in [0.2, 0.25) is 12.5 Å². The Morgan fingerprint density at radius 1 is 1.05 bits per heavy atom. The van der Waals surface area contributed by atoms with E-state index in [0.29, 0.717) is 37.9 Å². The number of fused-ring (bicyclic) bond motifs is 3. The fourth-order valence-electron chi connectivity index (χ4n) is 7.83. The molecule has 3 aromatic rings. The molecule has 0 saturated carbocycles. The lowest BCUT2D eigenvalue weighted by atomic mass is 9.87. The maximum Gasteiger partial charge on any atom is 0.320 e. The molecule has 1 atom stereocenters. The van der Waals surface area contributed by atoms with E-state index in [1.54, 1.807) is 4.90 Å². The topological polar surface area (TPSA) is 79.1 Å². The van der Waals surface area contributed by atoms with E-state index in [0.717, 1.165) is 55.7 Å². The summed E-state index contributed by atoms with van der Waals surface area (Å²) in [4.78, 5) is 37.7. The third kappa shape index (κ3) is 5.12. The Balaban J connectivity index is 1.27. The number of hydrogen-bond acceptors (Lipinski definition) is 7. The number of anilines is 1. The Bertz CT molecular complexity index is 1590. The Hall–Kier alpha value is -4.03. The smallest absolute Gasteiger partial charge is 0.320 e. The van der Waals surface area contributed by atoms with Crippen molar-refractivity contribution >= 4 is 22.8 Å². The monoisotopic (exact) mass is 577 g/mol. The van der Waals surface area contributed by atoms with Gasteiger partial charge in [-0.3, -0.25) is 9.69 Å². The quantitative estimate of drug-likeness (QED) is 0.298. The molecule has 3 fully saturated rings. The first kappa shape index (κ1) is 27.8.